The molecule has 0 amide bonds. The molecule has 0 aromatic carbocycles. The highest BCUT2D eigenvalue weighted by Gasteiger charge is 2.30. The summed E-state index contributed by atoms with van der Waals surface area (Å²) in [6.45, 7) is 0. The second kappa shape index (κ2) is 3.72. The van der Waals surface area contributed by atoms with Crippen molar-refractivity contribution in [3.63, 3.8) is 0 Å². The van der Waals surface area contributed by atoms with Crippen molar-refractivity contribution in [1.82, 2.24) is 0 Å². The Morgan fingerprint density at radius 3 is 2.55 bits per heavy atom. The fourth-order valence-corrected chi connectivity index (χ4v) is 1.66. The van der Waals surface area contributed by atoms with Crippen LogP contribution >= 0.6 is 0 Å². The van der Waals surface area contributed by atoms with Gasteiger partial charge in [-0.1, -0.05) is 12.8 Å². The maximum Gasteiger partial charge on any atom is 0.309 e. The zero-order chi connectivity index (χ0) is 8.27. The summed E-state index contributed by atoms with van der Waals surface area (Å²) in [5.41, 5.74) is 0. The molecule has 0 heterocycles. The molecule has 0 aromatic rings. The predicted molar refractivity (Wildman–Crippen MR) is 40.4 cm³/mol. The highest BCUT2D eigenvalue weighted by molar-refractivity contribution is 5.70. The third kappa shape index (κ3) is 1.93. The zero-order valence-corrected chi connectivity index (χ0v) is 6.75. The van der Waals surface area contributed by atoms with Gasteiger partial charge < -0.3 is 9.84 Å². The number of methoxy groups -OCH3 is 1. The van der Waals surface area contributed by atoms with E-state index in [2.05, 4.69) is 0 Å². The van der Waals surface area contributed by atoms with Crippen molar-refractivity contribution >= 4 is 5.97 Å². The van der Waals surface area contributed by atoms with E-state index in [0.717, 1.165) is 25.7 Å². The zero-order valence-electron chi connectivity index (χ0n) is 6.75. The fourth-order valence-electron chi connectivity index (χ4n) is 1.66. The summed E-state index contributed by atoms with van der Waals surface area (Å²) in [5.74, 6) is -0.981. The molecule has 1 rings (SSSR count). The van der Waals surface area contributed by atoms with Gasteiger partial charge in [0.2, 0.25) is 0 Å². The second-order valence-electron chi connectivity index (χ2n) is 3.00. The Labute approximate surface area is 66.4 Å². The van der Waals surface area contributed by atoms with Crippen molar-refractivity contribution in [2.45, 2.75) is 31.8 Å². The molecule has 1 aliphatic carbocycles. The van der Waals surface area contributed by atoms with E-state index in [9.17, 15) is 4.79 Å². The van der Waals surface area contributed by atoms with Crippen molar-refractivity contribution in [2.75, 3.05) is 7.11 Å². The number of carbonyl (C=O) groups is 1. The van der Waals surface area contributed by atoms with Crippen molar-refractivity contribution < 1.29 is 14.6 Å². The maximum absolute atomic E-state index is 10.6. The molecule has 0 saturated heterocycles. The molecule has 11 heavy (non-hydrogen) atoms. The van der Waals surface area contributed by atoms with Gasteiger partial charge in [0, 0.05) is 7.11 Å². The molecule has 0 spiro atoms. The lowest BCUT2D eigenvalue weighted by Gasteiger charge is -2.26. The number of ether oxygens (including phenoxy) is 1. The standard InChI is InChI=1S/C8H14O3/c1-11-7-5-3-2-4-6(7)8(9)10/h6-7H,2-5H2,1H3,(H,9,10)/t6-,7-/m1/s1. The number of aliphatic carboxylic acids is 1. The molecule has 1 saturated carbocycles. The SMILES string of the molecule is CO[C@@H]1CCCC[C@H]1C(=O)O. The third-order valence-electron chi connectivity index (χ3n) is 2.32. The van der Waals surface area contributed by atoms with Crippen molar-refractivity contribution in [2.24, 2.45) is 5.92 Å². The van der Waals surface area contributed by atoms with E-state index >= 15 is 0 Å². The highest BCUT2D eigenvalue weighted by Crippen LogP contribution is 2.26. The summed E-state index contributed by atoms with van der Waals surface area (Å²) in [6.07, 6.45) is 3.74. The number of carboxylic acid groups (broad SMARTS) is 1. The van der Waals surface area contributed by atoms with Crippen LogP contribution in [0.15, 0.2) is 0 Å². The Morgan fingerprint density at radius 2 is 2.09 bits per heavy atom. The van der Waals surface area contributed by atoms with E-state index in [0.29, 0.717) is 0 Å². The molecule has 1 fully saturated rings. The Hall–Kier alpha value is -0.570. The van der Waals surface area contributed by atoms with Crippen molar-refractivity contribution in [3.8, 4) is 0 Å². The molecule has 1 aliphatic rings. The summed E-state index contributed by atoms with van der Waals surface area (Å²) in [6, 6.07) is 0. The van der Waals surface area contributed by atoms with Gasteiger partial charge in [0.1, 0.15) is 0 Å². The molecule has 0 aromatic heterocycles. The summed E-state index contributed by atoms with van der Waals surface area (Å²) < 4.78 is 5.08. The van der Waals surface area contributed by atoms with Crippen LogP contribution in [0.3, 0.4) is 0 Å². The first kappa shape index (κ1) is 8.53. The van der Waals surface area contributed by atoms with Crippen LogP contribution in [0.25, 0.3) is 0 Å². The number of hydrogen-bond acceptors (Lipinski definition) is 2. The van der Waals surface area contributed by atoms with Gasteiger partial charge in [-0.15, -0.1) is 0 Å². The number of hydrogen-bond donors (Lipinski definition) is 1. The van der Waals surface area contributed by atoms with E-state index in [1.807, 2.05) is 0 Å². The average molecular weight is 158 g/mol. The molecule has 0 unspecified atom stereocenters. The van der Waals surface area contributed by atoms with E-state index < -0.39 is 5.97 Å². The summed E-state index contributed by atoms with van der Waals surface area (Å²) in [4.78, 5) is 10.6. The summed E-state index contributed by atoms with van der Waals surface area (Å²) in [7, 11) is 1.59. The summed E-state index contributed by atoms with van der Waals surface area (Å²) in [5, 5.41) is 8.76. The van der Waals surface area contributed by atoms with Crippen LogP contribution in [0.2, 0.25) is 0 Å². The first-order valence-electron chi connectivity index (χ1n) is 4.01. The number of rotatable bonds is 2. The lowest BCUT2D eigenvalue weighted by Crippen LogP contribution is -2.32. The molecule has 0 aliphatic heterocycles. The molecule has 0 radical (unpaired) electrons. The quantitative estimate of drug-likeness (QED) is 0.658. The second-order valence-corrected chi connectivity index (χ2v) is 3.00. The molecule has 3 nitrogen and oxygen atoms in total. The topological polar surface area (TPSA) is 46.5 Å². The van der Waals surface area contributed by atoms with Crippen LogP contribution in [-0.2, 0) is 9.53 Å². The first-order valence-corrected chi connectivity index (χ1v) is 4.01. The van der Waals surface area contributed by atoms with Crippen LogP contribution in [0, 0.1) is 5.92 Å². The molecular formula is C8H14O3. The van der Waals surface area contributed by atoms with Gasteiger partial charge in [-0.05, 0) is 12.8 Å². The highest BCUT2D eigenvalue weighted by atomic mass is 16.5. The Bertz CT molecular complexity index is 144. The number of carboxylic acids is 1. The Kier molecular flexibility index (Phi) is 2.88. The first-order chi connectivity index (χ1) is 5.25. The van der Waals surface area contributed by atoms with Gasteiger partial charge >= 0.3 is 5.97 Å². The van der Waals surface area contributed by atoms with E-state index in [1.165, 1.54) is 0 Å². The van der Waals surface area contributed by atoms with Crippen LogP contribution in [0.4, 0.5) is 0 Å². The minimum absolute atomic E-state index is 0.0544. The Morgan fingerprint density at radius 1 is 1.45 bits per heavy atom. The summed E-state index contributed by atoms with van der Waals surface area (Å²) >= 11 is 0. The van der Waals surface area contributed by atoms with Crippen LogP contribution in [0.5, 0.6) is 0 Å². The normalized spacial score (nSPS) is 31.7. The van der Waals surface area contributed by atoms with Gasteiger partial charge in [0.05, 0.1) is 12.0 Å². The van der Waals surface area contributed by atoms with Gasteiger partial charge in [0.25, 0.3) is 0 Å². The van der Waals surface area contributed by atoms with Gasteiger partial charge in [0.15, 0.2) is 0 Å². The minimum Gasteiger partial charge on any atom is -0.481 e. The average Bonchev–Trinajstić information content (AvgIpc) is 2.04. The van der Waals surface area contributed by atoms with Gasteiger partial charge in [-0.25, -0.2) is 0 Å². The largest absolute Gasteiger partial charge is 0.481 e. The molecule has 64 valence electrons. The van der Waals surface area contributed by atoms with Crippen molar-refractivity contribution in [1.29, 1.82) is 0 Å². The van der Waals surface area contributed by atoms with E-state index in [1.54, 1.807) is 7.11 Å². The lowest BCUT2D eigenvalue weighted by atomic mass is 9.86. The van der Waals surface area contributed by atoms with Crippen LogP contribution < -0.4 is 0 Å². The Balaban J connectivity index is 2.51. The van der Waals surface area contributed by atoms with E-state index in [4.69, 9.17) is 9.84 Å². The molecule has 0 bridgehead atoms. The smallest absolute Gasteiger partial charge is 0.309 e. The third-order valence-corrected chi connectivity index (χ3v) is 2.32. The van der Waals surface area contributed by atoms with E-state index in [-0.39, 0.29) is 12.0 Å². The lowest BCUT2D eigenvalue weighted by molar-refractivity contribution is -0.148. The molecular weight excluding hydrogens is 144 g/mol. The van der Waals surface area contributed by atoms with Gasteiger partial charge in [-0.2, -0.15) is 0 Å². The fraction of sp³-hybridized carbons (Fsp3) is 0.875. The monoisotopic (exact) mass is 158 g/mol. The molecule has 3 heteroatoms. The predicted octanol–water partition coefficient (Wildman–Crippen LogP) is 1.28. The van der Waals surface area contributed by atoms with Gasteiger partial charge in [-0.3, -0.25) is 4.79 Å². The van der Waals surface area contributed by atoms with Crippen LogP contribution in [0.1, 0.15) is 25.7 Å². The van der Waals surface area contributed by atoms with Crippen molar-refractivity contribution in [3.05, 3.63) is 0 Å². The molecule has 1 N–H and O–H groups in total. The maximum atomic E-state index is 10.6. The minimum atomic E-state index is -0.712. The molecule has 2 atom stereocenters. The van der Waals surface area contributed by atoms with Crippen LogP contribution in [-0.4, -0.2) is 24.3 Å².